The Hall–Kier alpha value is -3.41. The minimum atomic E-state index is 0. The monoisotopic (exact) mass is 399 g/mol. The summed E-state index contributed by atoms with van der Waals surface area (Å²) in [6.07, 6.45) is 0. The van der Waals surface area contributed by atoms with E-state index in [2.05, 4.69) is 60.7 Å². The summed E-state index contributed by atoms with van der Waals surface area (Å²) in [5.74, 6) is 1.74. The van der Waals surface area contributed by atoms with Crippen LogP contribution in [0.25, 0.3) is 33.8 Å². The molecular formula is C23H20BF4O. The third-order valence-electron chi connectivity index (χ3n) is 4.02. The second kappa shape index (κ2) is 12.9. The first-order valence-electron chi connectivity index (χ1n) is 8.04. The Morgan fingerprint density at radius 3 is 1.07 bits per heavy atom. The Bertz CT molecular complexity index is 813. The Balaban J connectivity index is 0. The van der Waals surface area contributed by atoms with Crippen molar-refractivity contribution in [2.75, 3.05) is 0 Å². The molecule has 3 radical (unpaired) electrons. The molecule has 0 bridgehead atoms. The van der Waals surface area contributed by atoms with Gasteiger partial charge in [0.2, 0.25) is 0 Å². The molecule has 0 unspecified atom stereocenters. The Kier molecular flexibility index (Phi) is 12.4. The van der Waals surface area contributed by atoms with Crippen molar-refractivity contribution in [2.24, 2.45) is 0 Å². The molecule has 0 aliphatic heterocycles. The number of hydrogen-bond donors (Lipinski definition) is 0. The Morgan fingerprint density at radius 1 is 0.414 bits per heavy atom. The fourth-order valence-electron chi connectivity index (χ4n) is 2.79. The van der Waals surface area contributed by atoms with Crippen LogP contribution in [-0.4, -0.2) is 8.41 Å². The van der Waals surface area contributed by atoms with E-state index in [0.717, 1.165) is 28.2 Å². The molecule has 1 heterocycles. The average Bonchev–Trinajstić information content (AvgIpc) is 2.70. The van der Waals surface area contributed by atoms with Gasteiger partial charge in [-0.2, -0.15) is 0 Å². The molecule has 0 aliphatic carbocycles. The lowest BCUT2D eigenvalue weighted by Crippen LogP contribution is -3.00. The second-order valence-electron chi connectivity index (χ2n) is 5.67. The maximum atomic E-state index is 6.21. The first-order chi connectivity index (χ1) is 11.9. The lowest BCUT2D eigenvalue weighted by atomic mass is 10.0. The molecule has 0 amide bonds. The highest BCUT2D eigenvalue weighted by atomic mass is 19.0. The molecule has 0 N–H and O–H groups in total. The summed E-state index contributed by atoms with van der Waals surface area (Å²) in [4.78, 5) is 0. The SMILES string of the molecule is F.F.F.[B].[F-].c1ccc(-c2cc(-c3ccccc3)[o+]c(-c3ccccc3)c2)cc1. The van der Waals surface area contributed by atoms with Gasteiger partial charge in [0, 0.05) is 14.0 Å². The highest BCUT2D eigenvalue weighted by Crippen LogP contribution is 2.32. The Labute approximate surface area is 169 Å². The average molecular weight is 399 g/mol. The van der Waals surface area contributed by atoms with E-state index in [-0.39, 0.29) is 27.2 Å². The molecule has 29 heavy (non-hydrogen) atoms. The lowest BCUT2D eigenvalue weighted by molar-refractivity contribution is -0.00000796. The van der Waals surface area contributed by atoms with Gasteiger partial charge in [0.1, 0.15) is 0 Å². The van der Waals surface area contributed by atoms with E-state index in [4.69, 9.17) is 4.42 Å². The first kappa shape index (κ1) is 27.8. The molecule has 3 aromatic carbocycles. The number of halogens is 4. The van der Waals surface area contributed by atoms with E-state index in [9.17, 15) is 0 Å². The largest absolute Gasteiger partial charge is 1.00 e. The molecule has 4 aromatic rings. The van der Waals surface area contributed by atoms with Crippen molar-refractivity contribution in [3.63, 3.8) is 0 Å². The molecule has 6 heteroatoms. The van der Waals surface area contributed by atoms with Crippen molar-refractivity contribution >= 4 is 8.41 Å². The number of benzene rings is 3. The highest BCUT2D eigenvalue weighted by Gasteiger charge is 2.20. The predicted molar refractivity (Wildman–Crippen MR) is 113 cm³/mol. The zero-order valence-electron chi connectivity index (χ0n) is 15.4. The van der Waals surface area contributed by atoms with Gasteiger partial charge in [0.25, 0.3) is 0 Å². The van der Waals surface area contributed by atoms with Crippen LogP contribution in [0.4, 0.5) is 14.1 Å². The quantitative estimate of drug-likeness (QED) is 0.291. The van der Waals surface area contributed by atoms with E-state index in [1.165, 1.54) is 5.56 Å². The maximum absolute atomic E-state index is 6.21. The summed E-state index contributed by atoms with van der Waals surface area (Å²) in [5, 5.41) is 0. The zero-order chi connectivity index (χ0) is 16.2. The van der Waals surface area contributed by atoms with E-state index >= 15 is 0 Å². The van der Waals surface area contributed by atoms with Gasteiger partial charge in [0.15, 0.2) is 0 Å². The van der Waals surface area contributed by atoms with Gasteiger partial charge in [-0.1, -0.05) is 66.7 Å². The lowest BCUT2D eigenvalue weighted by Gasteiger charge is -2.02. The van der Waals surface area contributed by atoms with Gasteiger partial charge in [-0.05, 0) is 29.8 Å². The van der Waals surface area contributed by atoms with Crippen LogP contribution < -0.4 is 4.70 Å². The van der Waals surface area contributed by atoms with Crippen molar-refractivity contribution < 1.29 is 23.2 Å². The van der Waals surface area contributed by atoms with E-state index in [0.29, 0.717) is 0 Å². The minimum Gasteiger partial charge on any atom is -1.00 e. The van der Waals surface area contributed by atoms with Crippen LogP contribution in [0.2, 0.25) is 0 Å². The van der Waals surface area contributed by atoms with Crippen LogP contribution in [-0.2, 0) is 0 Å². The smallest absolute Gasteiger partial charge is 0.361 e. The van der Waals surface area contributed by atoms with Gasteiger partial charge in [-0.3, -0.25) is 14.1 Å². The van der Waals surface area contributed by atoms with E-state index < -0.39 is 0 Å². The Morgan fingerprint density at radius 2 is 0.724 bits per heavy atom. The highest BCUT2D eigenvalue weighted by molar-refractivity contribution is 5.76. The first-order valence-corrected chi connectivity index (χ1v) is 8.04. The number of hydrogen-bond acceptors (Lipinski definition) is 0. The molecule has 1 nitrogen and oxygen atoms in total. The summed E-state index contributed by atoms with van der Waals surface area (Å²) in [6.45, 7) is 0. The third kappa shape index (κ3) is 6.31. The minimum absolute atomic E-state index is 0. The molecule has 0 atom stereocenters. The summed E-state index contributed by atoms with van der Waals surface area (Å²) in [6, 6.07) is 35.1. The van der Waals surface area contributed by atoms with Gasteiger partial charge in [-0.25, -0.2) is 4.42 Å². The van der Waals surface area contributed by atoms with Crippen LogP contribution in [0.5, 0.6) is 0 Å². The van der Waals surface area contributed by atoms with Crippen molar-refractivity contribution in [3.05, 3.63) is 103 Å². The molecule has 149 valence electrons. The van der Waals surface area contributed by atoms with Crippen molar-refractivity contribution in [1.82, 2.24) is 0 Å². The zero-order valence-corrected chi connectivity index (χ0v) is 15.4. The standard InChI is InChI=1S/C23H17O.B.4FH/c1-4-10-18(11-5-1)21-16-22(19-12-6-2-7-13-19)24-23(17-21)20-14-8-3-9-15-20;;;;;/h1-17H;;4*1H/q+1;;;;;/p-1. The van der Waals surface area contributed by atoms with E-state index in [1.807, 2.05) is 42.5 Å². The molecule has 4 rings (SSSR count). The van der Waals surface area contributed by atoms with Crippen molar-refractivity contribution in [2.45, 2.75) is 0 Å². The fourth-order valence-corrected chi connectivity index (χ4v) is 2.79. The number of rotatable bonds is 3. The normalized spacial score (nSPS) is 8.69. The molecule has 0 aliphatic rings. The molecular weight excluding hydrogens is 379 g/mol. The van der Waals surface area contributed by atoms with Gasteiger partial charge in [-0.15, -0.1) is 0 Å². The predicted octanol–water partition coefficient (Wildman–Crippen LogP) is 3.64. The summed E-state index contributed by atoms with van der Waals surface area (Å²) in [7, 11) is 0. The maximum Gasteiger partial charge on any atom is 0.361 e. The molecule has 0 fully saturated rings. The third-order valence-corrected chi connectivity index (χ3v) is 4.02. The van der Waals surface area contributed by atoms with Crippen molar-refractivity contribution in [1.29, 1.82) is 0 Å². The molecule has 1 aromatic heterocycles. The van der Waals surface area contributed by atoms with Gasteiger partial charge < -0.3 is 4.70 Å². The summed E-state index contributed by atoms with van der Waals surface area (Å²) in [5.41, 5.74) is 4.49. The van der Waals surface area contributed by atoms with Crippen molar-refractivity contribution in [3.8, 4) is 33.8 Å². The topological polar surface area (TPSA) is 11.3 Å². The van der Waals surface area contributed by atoms with Crippen LogP contribution >= 0.6 is 0 Å². The van der Waals surface area contributed by atoms with Crippen LogP contribution in [0.1, 0.15) is 0 Å². The summed E-state index contributed by atoms with van der Waals surface area (Å²) < 4.78 is 6.21. The molecule has 0 saturated heterocycles. The summed E-state index contributed by atoms with van der Waals surface area (Å²) >= 11 is 0. The fraction of sp³-hybridized carbons (Fsp3) is 0. The molecule has 0 saturated carbocycles. The van der Waals surface area contributed by atoms with Gasteiger partial charge >= 0.3 is 11.5 Å². The second-order valence-corrected chi connectivity index (χ2v) is 5.67. The van der Waals surface area contributed by atoms with Crippen LogP contribution in [0.15, 0.2) is 108 Å². The van der Waals surface area contributed by atoms with E-state index in [1.54, 1.807) is 0 Å². The van der Waals surface area contributed by atoms with Crippen LogP contribution in [0, 0.1) is 0 Å². The van der Waals surface area contributed by atoms with Gasteiger partial charge in [0.05, 0.1) is 23.3 Å². The van der Waals surface area contributed by atoms with Crippen LogP contribution in [0.3, 0.4) is 0 Å². The molecule has 0 spiro atoms.